The normalized spacial score (nSPS) is 10.1. The molecule has 0 saturated carbocycles. The van der Waals surface area contributed by atoms with Crippen LogP contribution < -0.4 is 10.6 Å². The minimum absolute atomic E-state index is 0.0155. The lowest BCUT2D eigenvalue weighted by atomic mass is 10.4. The van der Waals surface area contributed by atoms with Gasteiger partial charge in [0.25, 0.3) is 0 Å². The van der Waals surface area contributed by atoms with Gasteiger partial charge < -0.3 is 15.2 Å². The lowest BCUT2D eigenvalue weighted by molar-refractivity contribution is -0.120. The number of hydrogen-bond donors (Lipinski definition) is 2. The van der Waals surface area contributed by atoms with Crippen LogP contribution in [0.3, 0.4) is 0 Å². The maximum atomic E-state index is 10.8. The van der Waals surface area contributed by atoms with Crippen molar-refractivity contribution < 1.29 is 9.32 Å². The van der Waals surface area contributed by atoms with E-state index in [1.54, 1.807) is 14.0 Å². The first-order chi connectivity index (χ1) is 6.72. The molecule has 0 aliphatic carbocycles. The van der Waals surface area contributed by atoms with E-state index in [0.717, 1.165) is 0 Å². The zero-order valence-electron chi connectivity index (χ0n) is 8.33. The van der Waals surface area contributed by atoms with Crippen LogP contribution in [0, 0.1) is 6.92 Å². The molecule has 6 nitrogen and oxygen atoms in total. The van der Waals surface area contributed by atoms with E-state index in [1.165, 1.54) is 0 Å². The highest BCUT2D eigenvalue weighted by Crippen LogP contribution is 1.93. The molecule has 0 fully saturated rings. The van der Waals surface area contributed by atoms with E-state index in [9.17, 15) is 4.79 Å². The molecule has 0 atom stereocenters. The smallest absolute Gasteiger partial charge is 0.223 e. The van der Waals surface area contributed by atoms with Crippen LogP contribution in [0.1, 0.15) is 18.1 Å². The number of nitrogens with one attached hydrogen (secondary N) is 2. The van der Waals surface area contributed by atoms with Crippen LogP contribution in [0.5, 0.6) is 0 Å². The third-order valence-corrected chi connectivity index (χ3v) is 1.66. The van der Waals surface area contributed by atoms with Crippen molar-refractivity contribution in [3.63, 3.8) is 0 Å². The fourth-order valence-corrected chi connectivity index (χ4v) is 0.940. The van der Waals surface area contributed by atoms with Gasteiger partial charge in [0.15, 0.2) is 5.82 Å². The topological polar surface area (TPSA) is 80.0 Å². The van der Waals surface area contributed by atoms with Crippen molar-refractivity contribution in [3.05, 3.63) is 11.7 Å². The molecular formula is C8H14N4O2. The summed E-state index contributed by atoms with van der Waals surface area (Å²) in [5, 5.41) is 9.28. The van der Waals surface area contributed by atoms with Crippen LogP contribution in [0.15, 0.2) is 4.52 Å². The van der Waals surface area contributed by atoms with Gasteiger partial charge in [0.05, 0.1) is 6.54 Å². The molecule has 0 aromatic carbocycles. The Bertz CT molecular complexity index is 297. The largest absolute Gasteiger partial charge is 0.359 e. The van der Waals surface area contributed by atoms with Gasteiger partial charge >= 0.3 is 0 Å². The number of hydrogen-bond acceptors (Lipinski definition) is 5. The third kappa shape index (κ3) is 3.53. The Hall–Kier alpha value is -1.43. The Morgan fingerprint density at radius 2 is 2.36 bits per heavy atom. The third-order valence-electron chi connectivity index (χ3n) is 1.66. The molecule has 1 heterocycles. The van der Waals surface area contributed by atoms with E-state index in [1.807, 2.05) is 0 Å². The number of aryl methyl sites for hydroxylation is 1. The van der Waals surface area contributed by atoms with Crippen molar-refractivity contribution in [2.45, 2.75) is 19.9 Å². The molecule has 0 spiro atoms. The molecule has 14 heavy (non-hydrogen) atoms. The Morgan fingerprint density at radius 3 is 2.93 bits per heavy atom. The molecule has 2 N–H and O–H groups in total. The van der Waals surface area contributed by atoms with E-state index >= 15 is 0 Å². The lowest BCUT2D eigenvalue weighted by Gasteiger charge is -2.00. The van der Waals surface area contributed by atoms with Gasteiger partial charge in [0.2, 0.25) is 11.8 Å². The monoisotopic (exact) mass is 198 g/mol. The number of amides is 1. The minimum atomic E-state index is 0.0155. The first-order valence-electron chi connectivity index (χ1n) is 4.43. The summed E-state index contributed by atoms with van der Waals surface area (Å²) in [6, 6.07) is 0. The highest BCUT2D eigenvalue weighted by atomic mass is 16.5. The number of carbonyl (C=O) groups excluding carboxylic acids is 1. The van der Waals surface area contributed by atoms with Crippen LogP contribution >= 0.6 is 0 Å². The van der Waals surface area contributed by atoms with Gasteiger partial charge in [0, 0.05) is 26.9 Å². The first-order valence-corrected chi connectivity index (χ1v) is 4.43. The zero-order chi connectivity index (χ0) is 10.4. The summed E-state index contributed by atoms with van der Waals surface area (Å²) >= 11 is 0. The summed E-state index contributed by atoms with van der Waals surface area (Å²) < 4.78 is 4.78. The van der Waals surface area contributed by atoms with Crippen LogP contribution in [0.25, 0.3) is 0 Å². The number of aromatic nitrogens is 2. The highest BCUT2D eigenvalue weighted by Gasteiger charge is 2.01. The SMILES string of the molecule is CNC(=O)CCNCc1noc(C)n1. The molecule has 1 rings (SSSR count). The molecule has 0 aliphatic rings. The van der Waals surface area contributed by atoms with E-state index in [-0.39, 0.29) is 5.91 Å². The number of nitrogens with zero attached hydrogens (tertiary/aromatic N) is 2. The average molecular weight is 198 g/mol. The molecule has 0 saturated heterocycles. The van der Waals surface area contributed by atoms with Gasteiger partial charge in [-0.1, -0.05) is 5.16 Å². The quantitative estimate of drug-likeness (QED) is 0.629. The van der Waals surface area contributed by atoms with Crippen molar-refractivity contribution in [2.24, 2.45) is 0 Å². The van der Waals surface area contributed by atoms with E-state index < -0.39 is 0 Å². The second-order valence-corrected chi connectivity index (χ2v) is 2.83. The standard InChI is InChI=1S/C8H14N4O2/c1-6-11-7(12-14-6)5-10-4-3-8(13)9-2/h10H,3-5H2,1-2H3,(H,9,13). The van der Waals surface area contributed by atoms with Crippen LogP contribution in [0.4, 0.5) is 0 Å². The number of rotatable bonds is 5. The Kier molecular flexibility index (Phi) is 4.06. The Balaban J connectivity index is 2.13. The zero-order valence-corrected chi connectivity index (χ0v) is 8.33. The fraction of sp³-hybridized carbons (Fsp3) is 0.625. The van der Waals surface area contributed by atoms with Crippen molar-refractivity contribution in [1.29, 1.82) is 0 Å². The predicted octanol–water partition coefficient (Wildman–Crippen LogP) is -0.396. The molecule has 1 aromatic heterocycles. The van der Waals surface area contributed by atoms with Crippen molar-refractivity contribution in [2.75, 3.05) is 13.6 Å². The van der Waals surface area contributed by atoms with Gasteiger partial charge in [0.1, 0.15) is 0 Å². The summed E-state index contributed by atoms with van der Waals surface area (Å²) in [7, 11) is 1.62. The second-order valence-electron chi connectivity index (χ2n) is 2.83. The van der Waals surface area contributed by atoms with Crippen LogP contribution in [0.2, 0.25) is 0 Å². The average Bonchev–Trinajstić information content (AvgIpc) is 2.58. The predicted molar refractivity (Wildman–Crippen MR) is 49.4 cm³/mol. The van der Waals surface area contributed by atoms with Gasteiger partial charge in [-0.3, -0.25) is 4.79 Å². The second kappa shape index (κ2) is 5.33. The Morgan fingerprint density at radius 1 is 1.57 bits per heavy atom. The molecule has 1 aromatic rings. The van der Waals surface area contributed by atoms with Gasteiger partial charge in [-0.05, 0) is 0 Å². The van der Waals surface area contributed by atoms with Crippen LogP contribution in [-0.4, -0.2) is 29.6 Å². The Labute approximate surface area is 82.1 Å². The highest BCUT2D eigenvalue weighted by molar-refractivity contribution is 5.75. The van der Waals surface area contributed by atoms with E-state index in [2.05, 4.69) is 20.8 Å². The summed E-state index contributed by atoms with van der Waals surface area (Å²) in [5.41, 5.74) is 0. The molecule has 78 valence electrons. The van der Waals surface area contributed by atoms with Gasteiger partial charge in [-0.25, -0.2) is 0 Å². The molecule has 0 unspecified atom stereocenters. The maximum Gasteiger partial charge on any atom is 0.223 e. The molecular weight excluding hydrogens is 184 g/mol. The fourth-order valence-electron chi connectivity index (χ4n) is 0.940. The molecule has 6 heteroatoms. The summed E-state index contributed by atoms with van der Waals surface area (Å²) in [5.74, 6) is 1.18. The van der Waals surface area contributed by atoms with Crippen molar-refractivity contribution in [3.8, 4) is 0 Å². The molecule has 0 bridgehead atoms. The van der Waals surface area contributed by atoms with Gasteiger partial charge in [-0.2, -0.15) is 4.98 Å². The molecule has 0 radical (unpaired) electrons. The number of carbonyl (C=O) groups is 1. The van der Waals surface area contributed by atoms with E-state index in [4.69, 9.17) is 4.52 Å². The van der Waals surface area contributed by atoms with E-state index in [0.29, 0.717) is 31.2 Å². The first kappa shape index (κ1) is 10.6. The van der Waals surface area contributed by atoms with Crippen LogP contribution in [-0.2, 0) is 11.3 Å². The summed E-state index contributed by atoms with van der Waals surface area (Å²) in [6.45, 7) is 2.86. The van der Waals surface area contributed by atoms with Crippen molar-refractivity contribution in [1.82, 2.24) is 20.8 Å². The molecule has 1 amide bonds. The maximum absolute atomic E-state index is 10.8. The molecule has 0 aliphatic heterocycles. The minimum Gasteiger partial charge on any atom is -0.359 e. The summed E-state index contributed by atoms with van der Waals surface area (Å²) in [4.78, 5) is 14.8. The lowest BCUT2D eigenvalue weighted by Crippen LogP contribution is -2.24. The van der Waals surface area contributed by atoms with Gasteiger partial charge in [-0.15, -0.1) is 0 Å². The summed E-state index contributed by atoms with van der Waals surface area (Å²) in [6.07, 6.45) is 0.452. The van der Waals surface area contributed by atoms with Crippen molar-refractivity contribution >= 4 is 5.91 Å².